The average Bonchev–Trinajstić information content (AvgIpc) is 3.07. The molecule has 0 radical (unpaired) electrons. The van der Waals surface area contributed by atoms with Gasteiger partial charge in [-0.1, -0.05) is 17.7 Å². The first-order chi connectivity index (χ1) is 8.15. The van der Waals surface area contributed by atoms with Crippen LogP contribution in [0.1, 0.15) is 35.2 Å². The van der Waals surface area contributed by atoms with Crippen LogP contribution >= 0.6 is 0 Å². The van der Waals surface area contributed by atoms with Crippen LogP contribution in [-0.4, -0.2) is 24.2 Å². The summed E-state index contributed by atoms with van der Waals surface area (Å²) < 4.78 is 0. The molecular formula is C14H19NO2. The average molecular weight is 233 g/mol. The molecule has 1 aliphatic carbocycles. The van der Waals surface area contributed by atoms with Crippen molar-refractivity contribution in [2.75, 3.05) is 13.2 Å². The van der Waals surface area contributed by atoms with Crippen molar-refractivity contribution in [3.8, 4) is 0 Å². The summed E-state index contributed by atoms with van der Waals surface area (Å²) in [5.41, 5.74) is 1.98. The summed E-state index contributed by atoms with van der Waals surface area (Å²) >= 11 is 0. The molecule has 0 aliphatic heterocycles. The van der Waals surface area contributed by atoms with Gasteiger partial charge in [0.05, 0.1) is 0 Å². The van der Waals surface area contributed by atoms with E-state index in [1.165, 1.54) is 0 Å². The number of hydrogen-bond donors (Lipinski definition) is 2. The largest absolute Gasteiger partial charge is 0.396 e. The summed E-state index contributed by atoms with van der Waals surface area (Å²) in [5, 5.41) is 11.9. The van der Waals surface area contributed by atoms with E-state index in [1.54, 1.807) is 0 Å². The molecule has 0 atom stereocenters. The fourth-order valence-electron chi connectivity index (χ4n) is 2.09. The van der Waals surface area contributed by atoms with Gasteiger partial charge in [0.15, 0.2) is 0 Å². The SMILES string of the molecule is Cc1cccc(C(=O)NCC2(CCO)CC2)c1. The summed E-state index contributed by atoms with van der Waals surface area (Å²) in [7, 11) is 0. The quantitative estimate of drug-likeness (QED) is 0.816. The Morgan fingerprint density at radius 3 is 2.82 bits per heavy atom. The summed E-state index contributed by atoms with van der Waals surface area (Å²) in [6.07, 6.45) is 3.02. The Hall–Kier alpha value is -1.35. The predicted octanol–water partition coefficient (Wildman–Crippen LogP) is 1.89. The van der Waals surface area contributed by atoms with Crippen LogP contribution < -0.4 is 5.32 Å². The molecule has 2 N–H and O–H groups in total. The van der Waals surface area contributed by atoms with Crippen LogP contribution in [0.2, 0.25) is 0 Å². The van der Waals surface area contributed by atoms with Gasteiger partial charge in [-0.25, -0.2) is 0 Å². The lowest BCUT2D eigenvalue weighted by Crippen LogP contribution is -2.30. The molecule has 1 amide bonds. The van der Waals surface area contributed by atoms with Crippen LogP contribution in [0.25, 0.3) is 0 Å². The third kappa shape index (κ3) is 3.07. The smallest absolute Gasteiger partial charge is 0.251 e. The van der Waals surface area contributed by atoms with Crippen molar-refractivity contribution in [2.45, 2.75) is 26.2 Å². The van der Waals surface area contributed by atoms with Gasteiger partial charge in [-0.3, -0.25) is 4.79 Å². The maximum atomic E-state index is 11.9. The van der Waals surface area contributed by atoms with E-state index in [9.17, 15) is 4.79 Å². The van der Waals surface area contributed by atoms with Crippen molar-refractivity contribution < 1.29 is 9.90 Å². The second-order valence-electron chi connectivity index (χ2n) is 5.03. The Morgan fingerprint density at radius 2 is 2.24 bits per heavy atom. The molecule has 3 heteroatoms. The molecule has 0 saturated heterocycles. The van der Waals surface area contributed by atoms with Gasteiger partial charge in [-0.05, 0) is 43.7 Å². The Kier molecular flexibility index (Phi) is 3.48. The number of hydrogen-bond acceptors (Lipinski definition) is 2. The highest BCUT2D eigenvalue weighted by Gasteiger charge is 2.41. The summed E-state index contributed by atoms with van der Waals surface area (Å²) in [6, 6.07) is 7.59. The highest BCUT2D eigenvalue weighted by molar-refractivity contribution is 5.94. The van der Waals surface area contributed by atoms with Gasteiger partial charge < -0.3 is 10.4 Å². The van der Waals surface area contributed by atoms with E-state index in [4.69, 9.17) is 5.11 Å². The fraction of sp³-hybridized carbons (Fsp3) is 0.500. The van der Waals surface area contributed by atoms with Gasteiger partial charge in [0.2, 0.25) is 0 Å². The second-order valence-corrected chi connectivity index (χ2v) is 5.03. The standard InChI is InChI=1S/C14H19NO2/c1-11-3-2-4-12(9-11)13(17)15-10-14(5-6-14)7-8-16/h2-4,9,16H,5-8,10H2,1H3,(H,15,17). The molecule has 0 bridgehead atoms. The summed E-state index contributed by atoms with van der Waals surface area (Å²) in [5.74, 6) is -0.0158. The number of benzene rings is 1. The summed E-state index contributed by atoms with van der Waals surface area (Å²) in [4.78, 5) is 11.9. The highest BCUT2D eigenvalue weighted by Crippen LogP contribution is 2.47. The van der Waals surface area contributed by atoms with Gasteiger partial charge in [-0.15, -0.1) is 0 Å². The van der Waals surface area contributed by atoms with Crippen molar-refractivity contribution in [3.63, 3.8) is 0 Å². The van der Waals surface area contributed by atoms with Gasteiger partial charge >= 0.3 is 0 Å². The number of rotatable bonds is 5. The lowest BCUT2D eigenvalue weighted by atomic mass is 10.0. The first-order valence-electron chi connectivity index (χ1n) is 6.11. The number of amides is 1. The molecule has 1 aliphatic rings. The van der Waals surface area contributed by atoms with Crippen LogP contribution in [0.15, 0.2) is 24.3 Å². The minimum atomic E-state index is -0.0158. The normalized spacial score (nSPS) is 16.6. The lowest BCUT2D eigenvalue weighted by Gasteiger charge is -2.14. The number of aliphatic hydroxyl groups excluding tert-OH is 1. The maximum absolute atomic E-state index is 11.9. The van der Waals surface area contributed by atoms with Gasteiger partial charge in [0.1, 0.15) is 0 Å². The highest BCUT2D eigenvalue weighted by atomic mass is 16.3. The third-order valence-corrected chi connectivity index (χ3v) is 3.50. The number of nitrogens with one attached hydrogen (secondary N) is 1. The van der Waals surface area contributed by atoms with Crippen LogP contribution in [0, 0.1) is 12.3 Å². The molecule has 0 aromatic heterocycles. The topological polar surface area (TPSA) is 49.3 Å². The Bertz CT molecular complexity index is 410. The number of aliphatic hydroxyl groups is 1. The summed E-state index contributed by atoms with van der Waals surface area (Å²) in [6.45, 7) is 2.87. The Morgan fingerprint density at radius 1 is 1.47 bits per heavy atom. The third-order valence-electron chi connectivity index (χ3n) is 3.50. The van der Waals surface area contributed by atoms with Crippen molar-refractivity contribution in [2.24, 2.45) is 5.41 Å². The number of aryl methyl sites for hydroxylation is 1. The van der Waals surface area contributed by atoms with Gasteiger partial charge in [0, 0.05) is 18.7 Å². The van der Waals surface area contributed by atoms with E-state index in [-0.39, 0.29) is 17.9 Å². The zero-order valence-electron chi connectivity index (χ0n) is 10.2. The molecule has 1 aromatic carbocycles. The fourth-order valence-corrected chi connectivity index (χ4v) is 2.09. The van der Waals surface area contributed by atoms with Crippen molar-refractivity contribution in [3.05, 3.63) is 35.4 Å². The van der Waals surface area contributed by atoms with Crippen molar-refractivity contribution in [1.82, 2.24) is 5.32 Å². The van der Waals surface area contributed by atoms with Crippen LogP contribution in [-0.2, 0) is 0 Å². The van der Waals surface area contributed by atoms with E-state index in [0.717, 1.165) is 24.8 Å². The van der Waals surface area contributed by atoms with E-state index in [1.807, 2.05) is 31.2 Å². The molecule has 17 heavy (non-hydrogen) atoms. The van der Waals surface area contributed by atoms with Crippen molar-refractivity contribution in [1.29, 1.82) is 0 Å². The zero-order valence-corrected chi connectivity index (χ0v) is 10.2. The van der Waals surface area contributed by atoms with Gasteiger partial charge in [0.25, 0.3) is 5.91 Å². The second kappa shape index (κ2) is 4.88. The van der Waals surface area contributed by atoms with Crippen LogP contribution in [0.4, 0.5) is 0 Å². The molecule has 2 rings (SSSR count). The van der Waals surface area contributed by atoms with E-state index >= 15 is 0 Å². The zero-order chi connectivity index (χ0) is 12.3. The van der Waals surface area contributed by atoms with E-state index in [0.29, 0.717) is 12.1 Å². The van der Waals surface area contributed by atoms with Crippen LogP contribution in [0.3, 0.4) is 0 Å². The maximum Gasteiger partial charge on any atom is 0.251 e. The molecule has 92 valence electrons. The van der Waals surface area contributed by atoms with E-state index < -0.39 is 0 Å². The monoisotopic (exact) mass is 233 g/mol. The molecule has 1 aromatic rings. The molecule has 0 heterocycles. The molecule has 3 nitrogen and oxygen atoms in total. The molecule has 1 fully saturated rings. The first kappa shape index (κ1) is 12.1. The first-order valence-corrected chi connectivity index (χ1v) is 6.11. The molecule has 1 saturated carbocycles. The number of carbonyl (C=O) groups excluding carboxylic acids is 1. The minimum Gasteiger partial charge on any atom is -0.396 e. The van der Waals surface area contributed by atoms with E-state index in [2.05, 4.69) is 5.32 Å². The molecule has 0 unspecified atom stereocenters. The van der Waals surface area contributed by atoms with Crippen LogP contribution in [0.5, 0.6) is 0 Å². The molecular weight excluding hydrogens is 214 g/mol. The minimum absolute atomic E-state index is 0.0158. The number of carbonyl (C=O) groups is 1. The van der Waals surface area contributed by atoms with Gasteiger partial charge in [-0.2, -0.15) is 0 Å². The lowest BCUT2D eigenvalue weighted by molar-refractivity contribution is 0.0940. The Labute approximate surface area is 102 Å². The molecule has 0 spiro atoms. The Balaban J connectivity index is 1.90. The van der Waals surface area contributed by atoms with Crippen molar-refractivity contribution >= 4 is 5.91 Å². The predicted molar refractivity (Wildman–Crippen MR) is 66.9 cm³/mol.